The first-order chi connectivity index (χ1) is 6.24. The van der Waals surface area contributed by atoms with E-state index in [9.17, 15) is 0 Å². The van der Waals surface area contributed by atoms with Gasteiger partial charge in [-0.05, 0) is 18.2 Å². The van der Waals surface area contributed by atoms with Crippen LogP contribution in [0.4, 0.5) is 0 Å². The molecule has 0 N–H and O–H groups in total. The van der Waals surface area contributed by atoms with Gasteiger partial charge in [0.15, 0.2) is 0 Å². The molecule has 1 rings (SSSR count). The first-order valence-corrected chi connectivity index (χ1v) is 5.21. The molecular weight excluding hydrogens is 225 g/mol. The van der Waals surface area contributed by atoms with E-state index in [1.54, 1.807) is 6.07 Å². The fourth-order valence-electron chi connectivity index (χ4n) is 0.840. The fourth-order valence-corrected chi connectivity index (χ4v) is 1.32. The average Bonchev–Trinajstić information content (AvgIpc) is 2.11. The van der Waals surface area contributed by atoms with Crippen LogP contribution in [-0.4, -0.2) is 10.7 Å². The van der Waals surface area contributed by atoms with Crippen molar-refractivity contribution in [2.75, 3.05) is 5.75 Å². The number of hydrogen-bond acceptors (Lipinski definition) is 2. The number of thiol groups is 1. The normalized spacial score (nSPS) is 11.0. The highest BCUT2D eigenvalue weighted by molar-refractivity contribution is 7.80. The van der Waals surface area contributed by atoms with Gasteiger partial charge in [0.2, 0.25) is 0 Å². The molecule has 0 radical (unpaired) electrons. The predicted octanol–water partition coefficient (Wildman–Crippen LogP) is 3.72. The SMILES string of the molecule is SCCC=Cc1cc(Cl)cnc1Cl. The number of halogens is 2. The smallest absolute Gasteiger partial charge is 0.136 e. The lowest BCUT2D eigenvalue weighted by atomic mass is 10.2. The van der Waals surface area contributed by atoms with E-state index in [1.165, 1.54) is 6.20 Å². The molecule has 0 fully saturated rings. The highest BCUT2D eigenvalue weighted by Gasteiger charge is 1.97. The van der Waals surface area contributed by atoms with Crippen molar-refractivity contribution >= 4 is 41.9 Å². The molecule has 0 spiro atoms. The highest BCUT2D eigenvalue weighted by atomic mass is 35.5. The third-order valence-corrected chi connectivity index (χ3v) is 2.21. The number of rotatable bonds is 3. The van der Waals surface area contributed by atoms with Crippen molar-refractivity contribution in [3.63, 3.8) is 0 Å². The van der Waals surface area contributed by atoms with Crippen LogP contribution in [-0.2, 0) is 0 Å². The van der Waals surface area contributed by atoms with E-state index >= 15 is 0 Å². The van der Waals surface area contributed by atoms with Gasteiger partial charge < -0.3 is 0 Å². The Hall–Kier alpha value is -0.180. The molecular formula is C9H9Cl2NS. The van der Waals surface area contributed by atoms with Crippen molar-refractivity contribution in [3.8, 4) is 0 Å². The molecule has 0 aliphatic rings. The van der Waals surface area contributed by atoms with Gasteiger partial charge >= 0.3 is 0 Å². The molecule has 13 heavy (non-hydrogen) atoms. The van der Waals surface area contributed by atoms with Gasteiger partial charge in [-0.25, -0.2) is 4.98 Å². The Morgan fingerprint density at radius 3 is 2.92 bits per heavy atom. The third-order valence-electron chi connectivity index (χ3n) is 1.43. The van der Waals surface area contributed by atoms with E-state index in [0.29, 0.717) is 10.2 Å². The molecule has 0 bridgehead atoms. The first-order valence-electron chi connectivity index (χ1n) is 3.82. The van der Waals surface area contributed by atoms with Crippen molar-refractivity contribution in [1.29, 1.82) is 0 Å². The second-order valence-corrected chi connectivity index (χ2v) is 3.69. The van der Waals surface area contributed by atoms with Gasteiger partial charge in [-0.2, -0.15) is 12.6 Å². The molecule has 0 aliphatic carbocycles. The number of hydrogen-bond donors (Lipinski definition) is 1. The highest BCUT2D eigenvalue weighted by Crippen LogP contribution is 2.18. The fraction of sp³-hybridized carbons (Fsp3) is 0.222. The monoisotopic (exact) mass is 233 g/mol. The zero-order valence-corrected chi connectivity index (χ0v) is 9.28. The van der Waals surface area contributed by atoms with Crippen LogP contribution in [0, 0.1) is 0 Å². The topological polar surface area (TPSA) is 12.9 Å². The Bertz CT molecular complexity index is 312. The van der Waals surface area contributed by atoms with Crippen molar-refractivity contribution in [2.24, 2.45) is 0 Å². The Kier molecular flexibility index (Phi) is 4.64. The largest absolute Gasteiger partial charge is 0.242 e. The maximum absolute atomic E-state index is 5.84. The van der Waals surface area contributed by atoms with Gasteiger partial charge in [0.05, 0.1) is 5.02 Å². The molecule has 1 nitrogen and oxygen atoms in total. The van der Waals surface area contributed by atoms with Crippen LogP contribution >= 0.6 is 35.8 Å². The molecule has 0 saturated carbocycles. The van der Waals surface area contributed by atoms with E-state index in [0.717, 1.165) is 17.7 Å². The summed E-state index contributed by atoms with van der Waals surface area (Å²) in [5.74, 6) is 0.822. The standard InChI is InChI=1S/C9H9Cl2NS/c10-8-5-7(3-1-2-4-13)9(11)12-6-8/h1,3,5-6,13H,2,4H2. The molecule has 0 atom stereocenters. The van der Waals surface area contributed by atoms with Crippen LogP contribution < -0.4 is 0 Å². The number of aromatic nitrogens is 1. The number of allylic oxidation sites excluding steroid dienone is 1. The van der Waals surface area contributed by atoms with Crippen LogP contribution in [0.3, 0.4) is 0 Å². The van der Waals surface area contributed by atoms with Crippen molar-refractivity contribution in [3.05, 3.63) is 34.1 Å². The van der Waals surface area contributed by atoms with E-state index < -0.39 is 0 Å². The van der Waals surface area contributed by atoms with Crippen molar-refractivity contribution in [1.82, 2.24) is 4.98 Å². The van der Waals surface area contributed by atoms with Crippen molar-refractivity contribution in [2.45, 2.75) is 6.42 Å². The molecule has 4 heteroatoms. The molecule has 0 aliphatic heterocycles. The van der Waals surface area contributed by atoms with Crippen LogP contribution in [0.25, 0.3) is 6.08 Å². The summed E-state index contributed by atoms with van der Waals surface area (Å²) in [4.78, 5) is 3.92. The number of pyridine rings is 1. The van der Waals surface area contributed by atoms with Gasteiger partial charge in [-0.3, -0.25) is 0 Å². The van der Waals surface area contributed by atoms with Crippen LogP contribution in [0.1, 0.15) is 12.0 Å². The van der Waals surface area contributed by atoms with Gasteiger partial charge in [-0.15, -0.1) is 0 Å². The summed E-state index contributed by atoms with van der Waals surface area (Å²) in [6.45, 7) is 0. The zero-order valence-electron chi connectivity index (χ0n) is 6.87. The van der Waals surface area contributed by atoms with Crippen LogP contribution in [0.2, 0.25) is 10.2 Å². The summed E-state index contributed by atoms with van der Waals surface area (Å²) >= 11 is 15.7. The summed E-state index contributed by atoms with van der Waals surface area (Å²) < 4.78 is 0. The third kappa shape index (κ3) is 3.59. The van der Waals surface area contributed by atoms with Crippen LogP contribution in [0.15, 0.2) is 18.3 Å². The van der Waals surface area contributed by atoms with Gasteiger partial charge in [0.25, 0.3) is 0 Å². The molecule has 70 valence electrons. The Labute approximate surface area is 93.2 Å². The molecule has 0 saturated heterocycles. The second kappa shape index (κ2) is 5.53. The summed E-state index contributed by atoms with van der Waals surface area (Å²) in [6, 6.07) is 1.78. The molecule has 1 heterocycles. The summed E-state index contributed by atoms with van der Waals surface area (Å²) in [5.41, 5.74) is 0.843. The Balaban J connectivity index is 2.81. The minimum Gasteiger partial charge on any atom is -0.242 e. The summed E-state index contributed by atoms with van der Waals surface area (Å²) in [5, 5.41) is 1.06. The van der Waals surface area contributed by atoms with E-state index in [2.05, 4.69) is 17.6 Å². The van der Waals surface area contributed by atoms with Gasteiger partial charge in [0, 0.05) is 11.8 Å². The van der Waals surface area contributed by atoms with E-state index in [1.807, 2.05) is 12.2 Å². The average molecular weight is 234 g/mol. The van der Waals surface area contributed by atoms with E-state index in [4.69, 9.17) is 23.2 Å². The summed E-state index contributed by atoms with van der Waals surface area (Å²) in [7, 11) is 0. The number of nitrogens with zero attached hydrogens (tertiary/aromatic N) is 1. The predicted molar refractivity (Wildman–Crippen MR) is 61.8 cm³/mol. The lowest BCUT2D eigenvalue weighted by Gasteiger charge is -1.97. The Morgan fingerprint density at radius 1 is 1.46 bits per heavy atom. The van der Waals surface area contributed by atoms with Gasteiger partial charge in [0.1, 0.15) is 5.15 Å². The minimum atomic E-state index is 0.472. The molecule has 0 unspecified atom stereocenters. The maximum Gasteiger partial charge on any atom is 0.136 e. The van der Waals surface area contributed by atoms with E-state index in [-0.39, 0.29) is 0 Å². The Morgan fingerprint density at radius 2 is 2.23 bits per heavy atom. The second-order valence-electron chi connectivity index (χ2n) is 2.45. The van der Waals surface area contributed by atoms with Crippen LogP contribution in [0.5, 0.6) is 0 Å². The minimum absolute atomic E-state index is 0.472. The molecule has 0 aromatic carbocycles. The lowest BCUT2D eigenvalue weighted by Crippen LogP contribution is -1.80. The van der Waals surface area contributed by atoms with Crippen molar-refractivity contribution < 1.29 is 0 Å². The maximum atomic E-state index is 5.84. The quantitative estimate of drug-likeness (QED) is 0.621. The lowest BCUT2D eigenvalue weighted by molar-refractivity contribution is 1.26. The summed E-state index contributed by atoms with van der Waals surface area (Å²) in [6.07, 6.45) is 6.33. The first kappa shape index (κ1) is 10.9. The molecule has 0 amide bonds. The molecule has 1 aromatic rings. The molecule has 1 aromatic heterocycles. The zero-order chi connectivity index (χ0) is 9.68. The van der Waals surface area contributed by atoms with Gasteiger partial charge in [-0.1, -0.05) is 35.4 Å².